The topological polar surface area (TPSA) is 55.1 Å². The van der Waals surface area contributed by atoms with E-state index in [0.717, 1.165) is 5.56 Å². The van der Waals surface area contributed by atoms with Gasteiger partial charge in [0.2, 0.25) is 0 Å². The average Bonchev–Trinajstić information content (AvgIpc) is 2.58. The maximum Gasteiger partial charge on any atom is 0.340 e. The number of aromatic nitrogens is 2. The Morgan fingerprint density at radius 3 is 2.50 bits per heavy atom. The molecule has 0 atom stereocenters. The minimum Gasteiger partial charge on any atom is -0.478 e. The van der Waals surface area contributed by atoms with E-state index in [0.29, 0.717) is 16.4 Å². The molecule has 0 fully saturated rings. The average molecular weight is 285 g/mol. The monoisotopic (exact) mass is 284 g/mol. The van der Waals surface area contributed by atoms with Gasteiger partial charge in [0.15, 0.2) is 0 Å². The van der Waals surface area contributed by atoms with E-state index in [4.69, 9.17) is 28.3 Å². The lowest BCUT2D eigenvalue weighted by Crippen LogP contribution is -1.99. The Morgan fingerprint density at radius 1 is 1.33 bits per heavy atom. The molecule has 1 heterocycles. The molecule has 2 rings (SSSR count). The van der Waals surface area contributed by atoms with Gasteiger partial charge in [0.1, 0.15) is 10.7 Å². The Labute approximate surface area is 114 Å². The molecule has 1 aromatic carbocycles. The lowest BCUT2D eigenvalue weighted by Gasteiger charge is -2.05. The molecule has 0 bridgehead atoms. The van der Waals surface area contributed by atoms with Crippen molar-refractivity contribution < 1.29 is 9.90 Å². The van der Waals surface area contributed by atoms with Gasteiger partial charge in [-0.05, 0) is 31.5 Å². The number of carboxylic acid groups (broad SMARTS) is 1. The molecule has 0 spiro atoms. The highest BCUT2D eigenvalue weighted by molar-refractivity contribution is 6.33. The van der Waals surface area contributed by atoms with Crippen LogP contribution in [0.4, 0.5) is 0 Å². The second-order valence-electron chi connectivity index (χ2n) is 3.90. The van der Waals surface area contributed by atoms with Gasteiger partial charge in [-0.15, -0.1) is 0 Å². The summed E-state index contributed by atoms with van der Waals surface area (Å²) in [4.78, 5) is 11.0. The molecule has 94 valence electrons. The summed E-state index contributed by atoms with van der Waals surface area (Å²) >= 11 is 12.1. The van der Waals surface area contributed by atoms with Gasteiger partial charge in [-0.25, -0.2) is 9.48 Å². The van der Waals surface area contributed by atoms with Crippen molar-refractivity contribution in [3.63, 3.8) is 0 Å². The molecule has 0 unspecified atom stereocenters. The van der Waals surface area contributed by atoms with Crippen LogP contribution in [-0.4, -0.2) is 20.9 Å². The minimum atomic E-state index is -1.10. The van der Waals surface area contributed by atoms with E-state index in [1.807, 2.05) is 13.0 Å². The lowest BCUT2D eigenvalue weighted by atomic mass is 10.2. The smallest absolute Gasteiger partial charge is 0.340 e. The summed E-state index contributed by atoms with van der Waals surface area (Å²) in [5.74, 6) is -1.10. The third-order valence-electron chi connectivity index (χ3n) is 2.62. The zero-order valence-corrected chi connectivity index (χ0v) is 11.2. The lowest BCUT2D eigenvalue weighted by molar-refractivity contribution is 0.0696. The van der Waals surface area contributed by atoms with Crippen LogP contribution < -0.4 is 0 Å². The Morgan fingerprint density at radius 2 is 2.00 bits per heavy atom. The zero-order valence-electron chi connectivity index (χ0n) is 9.74. The minimum absolute atomic E-state index is 0.00774. The van der Waals surface area contributed by atoms with Crippen molar-refractivity contribution in [3.8, 4) is 5.69 Å². The van der Waals surface area contributed by atoms with Gasteiger partial charge in [-0.1, -0.05) is 29.3 Å². The van der Waals surface area contributed by atoms with E-state index >= 15 is 0 Å². The second-order valence-corrected chi connectivity index (χ2v) is 4.67. The summed E-state index contributed by atoms with van der Waals surface area (Å²) in [5, 5.41) is 13.8. The first-order chi connectivity index (χ1) is 8.41. The first kappa shape index (κ1) is 12.9. The van der Waals surface area contributed by atoms with Crippen LogP contribution >= 0.6 is 23.2 Å². The van der Waals surface area contributed by atoms with Crippen LogP contribution in [0.2, 0.25) is 10.2 Å². The van der Waals surface area contributed by atoms with Crippen molar-refractivity contribution in [2.24, 2.45) is 0 Å². The van der Waals surface area contributed by atoms with E-state index in [2.05, 4.69) is 5.10 Å². The number of carbonyl (C=O) groups is 1. The van der Waals surface area contributed by atoms with Gasteiger partial charge in [0, 0.05) is 5.02 Å². The maximum atomic E-state index is 11.0. The van der Waals surface area contributed by atoms with Gasteiger partial charge >= 0.3 is 5.97 Å². The molecule has 0 aliphatic heterocycles. The largest absolute Gasteiger partial charge is 0.478 e. The van der Waals surface area contributed by atoms with Crippen LogP contribution in [0.3, 0.4) is 0 Å². The fourth-order valence-corrected chi connectivity index (χ4v) is 2.15. The SMILES string of the molecule is Cc1ccc(-n2nc(C)c(C(=O)O)c2Cl)cc1Cl. The molecule has 2 aromatic rings. The number of nitrogens with zero attached hydrogens (tertiary/aromatic N) is 2. The third kappa shape index (κ3) is 2.09. The first-order valence-corrected chi connectivity index (χ1v) is 5.92. The van der Waals surface area contributed by atoms with Gasteiger partial charge in [0.25, 0.3) is 0 Å². The molecule has 0 saturated heterocycles. The number of benzene rings is 1. The Kier molecular flexibility index (Phi) is 3.32. The number of carboxylic acids is 1. The summed E-state index contributed by atoms with van der Waals surface area (Å²) in [7, 11) is 0. The first-order valence-electron chi connectivity index (χ1n) is 5.16. The maximum absolute atomic E-state index is 11.0. The van der Waals surface area contributed by atoms with E-state index in [-0.39, 0.29) is 10.7 Å². The van der Waals surface area contributed by atoms with Gasteiger partial charge in [-0.2, -0.15) is 5.10 Å². The van der Waals surface area contributed by atoms with E-state index in [1.165, 1.54) is 4.68 Å². The summed E-state index contributed by atoms with van der Waals surface area (Å²) in [6.45, 7) is 3.48. The van der Waals surface area contributed by atoms with Crippen LogP contribution in [0, 0.1) is 13.8 Å². The molecule has 1 N–H and O–H groups in total. The molecule has 6 heteroatoms. The fourth-order valence-electron chi connectivity index (χ4n) is 1.63. The predicted molar refractivity (Wildman–Crippen MR) is 70.0 cm³/mol. The van der Waals surface area contributed by atoms with Crippen LogP contribution in [-0.2, 0) is 0 Å². The normalized spacial score (nSPS) is 10.7. The molecular weight excluding hydrogens is 275 g/mol. The van der Waals surface area contributed by atoms with Crippen molar-refractivity contribution in [1.29, 1.82) is 0 Å². The summed E-state index contributed by atoms with van der Waals surface area (Å²) < 4.78 is 1.37. The Balaban J connectivity index is 2.61. The highest BCUT2D eigenvalue weighted by Gasteiger charge is 2.20. The number of hydrogen-bond acceptors (Lipinski definition) is 2. The van der Waals surface area contributed by atoms with Gasteiger partial charge in [0.05, 0.1) is 11.4 Å². The number of rotatable bonds is 2. The summed E-state index contributed by atoms with van der Waals surface area (Å²) in [5.41, 5.74) is 1.93. The van der Waals surface area contributed by atoms with Crippen molar-refractivity contribution in [1.82, 2.24) is 9.78 Å². The molecule has 0 radical (unpaired) electrons. The predicted octanol–water partition coefficient (Wildman–Crippen LogP) is 3.49. The highest BCUT2D eigenvalue weighted by atomic mass is 35.5. The quantitative estimate of drug-likeness (QED) is 0.918. The van der Waals surface area contributed by atoms with E-state index in [1.54, 1.807) is 19.1 Å². The van der Waals surface area contributed by atoms with Crippen molar-refractivity contribution >= 4 is 29.2 Å². The highest BCUT2D eigenvalue weighted by Crippen LogP contribution is 2.26. The number of halogens is 2. The molecule has 4 nitrogen and oxygen atoms in total. The van der Waals surface area contributed by atoms with Crippen molar-refractivity contribution in [2.75, 3.05) is 0 Å². The Bertz CT molecular complexity index is 635. The second kappa shape index (κ2) is 4.63. The molecule has 18 heavy (non-hydrogen) atoms. The van der Waals surface area contributed by atoms with E-state index in [9.17, 15) is 4.79 Å². The van der Waals surface area contributed by atoms with Crippen molar-refractivity contribution in [3.05, 3.63) is 45.2 Å². The van der Waals surface area contributed by atoms with Gasteiger partial charge < -0.3 is 5.11 Å². The Hall–Kier alpha value is -1.52. The van der Waals surface area contributed by atoms with E-state index < -0.39 is 5.97 Å². The molecule has 0 saturated carbocycles. The van der Waals surface area contributed by atoms with Crippen LogP contribution in [0.25, 0.3) is 5.69 Å². The molecule has 0 aliphatic carbocycles. The van der Waals surface area contributed by atoms with Crippen molar-refractivity contribution in [2.45, 2.75) is 13.8 Å². The summed E-state index contributed by atoms with van der Waals surface area (Å²) in [6, 6.07) is 5.30. The van der Waals surface area contributed by atoms with Gasteiger partial charge in [-0.3, -0.25) is 0 Å². The number of hydrogen-bond donors (Lipinski definition) is 1. The van der Waals surface area contributed by atoms with Crippen LogP contribution in [0.15, 0.2) is 18.2 Å². The van der Waals surface area contributed by atoms with Crippen LogP contribution in [0.5, 0.6) is 0 Å². The zero-order chi connectivity index (χ0) is 13.4. The molecule has 1 aromatic heterocycles. The number of aromatic carboxylic acids is 1. The number of aryl methyl sites for hydroxylation is 2. The molecular formula is C12H10Cl2N2O2. The molecule has 0 aliphatic rings. The summed E-state index contributed by atoms with van der Waals surface area (Å²) in [6.07, 6.45) is 0. The standard InChI is InChI=1S/C12H10Cl2N2O2/c1-6-3-4-8(5-9(6)13)16-11(14)10(12(17)18)7(2)15-16/h3-5H,1-2H3,(H,17,18). The van der Waals surface area contributed by atoms with Crippen LogP contribution in [0.1, 0.15) is 21.6 Å². The molecule has 0 amide bonds. The fraction of sp³-hybridized carbons (Fsp3) is 0.167. The third-order valence-corrected chi connectivity index (χ3v) is 3.37.